The molecule has 2 unspecified atom stereocenters. The fraction of sp³-hybridized carbons (Fsp3) is 1.00. The van der Waals surface area contributed by atoms with Crippen LogP contribution in [0.1, 0.15) is 79.1 Å². The Labute approximate surface area is 133 Å². The average molecular weight is 319 g/mol. The van der Waals surface area contributed by atoms with Crippen LogP contribution in [0.15, 0.2) is 0 Å². The van der Waals surface area contributed by atoms with Gasteiger partial charge in [-0.2, -0.15) is 10.2 Å². The molecule has 0 saturated heterocycles. The summed E-state index contributed by atoms with van der Waals surface area (Å²) in [5.41, 5.74) is 13.2. The van der Waals surface area contributed by atoms with Crippen molar-refractivity contribution in [3.05, 3.63) is 0 Å². The van der Waals surface area contributed by atoms with E-state index in [-0.39, 0.29) is 11.6 Å². The van der Waals surface area contributed by atoms with Crippen molar-refractivity contribution in [1.82, 2.24) is 10.2 Å². The van der Waals surface area contributed by atoms with Crippen molar-refractivity contribution in [2.75, 3.05) is 13.1 Å². The van der Waals surface area contributed by atoms with E-state index in [1.54, 1.807) is 0 Å². The normalized spacial score (nSPS) is 15.1. The first-order chi connectivity index (χ1) is 10.1. The van der Waals surface area contributed by atoms with E-state index in [9.17, 15) is 0 Å². The topological polar surface area (TPSA) is 76.1 Å². The van der Waals surface area contributed by atoms with Gasteiger partial charge in [-0.3, -0.25) is 11.5 Å². The first-order valence-corrected chi connectivity index (χ1v) is 10.9. The monoisotopic (exact) mass is 319 g/mol. The molecule has 0 saturated carbocycles. The fourth-order valence-electron chi connectivity index (χ4n) is 2.65. The Kier molecular flexibility index (Phi) is 12.9. The molecule has 0 radical (unpaired) electrons. The molecule has 0 aliphatic rings. The molecule has 4 nitrogen and oxygen atoms in total. The zero-order valence-electron chi connectivity index (χ0n) is 14.8. The zero-order chi connectivity index (χ0) is 16.1. The van der Waals surface area contributed by atoms with Gasteiger partial charge < -0.3 is 0 Å². The van der Waals surface area contributed by atoms with Gasteiger partial charge in [0.15, 0.2) is 7.56 Å². The van der Waals surface area contributed by atoms with Crippen molar-refractivity contribution in [2.45, 2.75) is 90.6 Å². The van der Waals surface area contributed by atoms with Gasteiger partial charge in [0.25, 0.3) is 0 Å². The smallest absolute Gasteiger partial charge is 0.182 e. The largest absolute Gasteiger partial charge is 0.294 e. The van der Waals surface area contributed by atoms with E-state index >= 15 is 0 Å². The van der Waals surface area contributed by atoms with Crippen molar-refractivity contribution < 1.29 is 0 Å². The summed E-state index contributed by atoms with van der Waals surface area (Å²) < 4.78 is 0. The van der Waals surface area contributed by atoms with E-state index in [0.717, 1.165) is 38.8 Å². The number of hydrogen-bond acceptors (Lipinski definition) is 4. The van der Waals surface area contributed by atoms with Crippen LogP contribution in [-0.4, -0.2) is 24.7 Å². The second-order valence-corrected chi connectivity index (χ2v) is 9.53. The highest BCUT2D eigenvalue weighted by molar-refractivity contribution is 7.73. The van der Waals surface area contributed by atoms with Crippen molar-refractivity contribution >= 4 is 7.56 Å². The molecule has 0 aromatic carbocycles. The maximum absolute atomic E-state index is 6.60. The van der Waals surface area contributed by atoms with E-state index < -0.39 is 7.56 Å². The van der Waals surface area contributed by atoms with Gasteiger partial charge in [0.05, 0.1) is 0 Å². The molecule has 0 heterocycles. The second-order valence-electron chi connectivity index (χ2n) is 6.01. The molecule has 21 heavy (non-hydrogen) atoms. The lowest BCUT2D eigenvalue weighted by molar-refractivity contribution is 0.640. The lowest BCUT2D eigenvalue weighted by Gasteiger charge is -2.37. The van der Waals surface area contributed by atoms with E-state index in [1.165, 1.54) is 25.7 Å². The third kappa shape index (κ3) is 7.38. The van der Waals surface area contributed by atoms with Crippen LogP contribution in [0.5, 0.6) is 0 Å². The van der Waals surface area contributed by atoms with Gasteiger partial charge in [0, 0.05) is 25.9 Å². The molecule has 128 valence electrons. The minimum Gasteiger partial charge on any atom is -0.294 e. The van der Waals surface area contributed by atoms with Gasteiger partial charge >= 0.3 is 0 Å². The molecule has 0 bridgehead atoms. The van der Waals surface area contributed by atoms with Crippen LogP contribution >= 0.6 is 7.56 Å². The van der Waals surface area contributed by atoms with E-state index in [2.05, 4.69) is 37.9 Å². The van der Waals surface area contributed by atoms with Crippen LogP contribution in [0.4, 0.5) is 0 Å². The minimum absolute atomic E-state index is 0.165. The highest BCUT2D eigenvalue weighted by Gasteiger charge is 2.49. The van der Waals surface area contributed by atoms with Crippen LogP contribution in [0.25, 0.3) is 0 Å². The zero-order valence-corrected chi connectivity index (χ0v) is 15.7. The maximum atomic E-state index is 6.60. The maximum Gasteiger partial charge on any atom is 0.182 e. The van der Waals surface area contributed by atoms with Gasteiger partial charge in [-0.1, -0.05) is 53.4 Å². The van der Waals surface area contributed by atoms with Gasteiger partial charge in [-0.15, -0.1) is 0 Å². The van der Waals surface area contributed by atoms with Crippen LogP contribution in [0.2, 0.25) is 0 Å². The van der Waals surface area contributed by atoms with Crippen LogP contribution in [0, 0.1) is 0 Å². The van der Waals surface area contributed by atoms with Crippen LogP contribution in [0.3, 0.4) is 0 Å². The van der Waals surface area contributed by atoms with Gasteiger partial charge in [0.1, 0.15) is 11.6 Å². The van der Waals surface area contributed by atoms with E-state index in [1.807, 2.05) is 0 Å². The molecule has 2 atom stereocenters. The Hall–Kier alpha value is 0.270. The lowest BCUT2D eigenvalue weighted by Crippen LogP contribution is -2.49. The number of hydrogen-bond donors (Lipinski definition) is 4. The highest BCUT2D eigenvalue weighted by atomic mass is 31.2. The summed E-state index contributed by atoms with van der Waals surface area (Å²) in [4.78, 5) is 0. The lowest BCUT2D eigenvalue weighted by atomic mass is 10.3. The summed E-state index contributed by atoms with van der Waals surface area (Å²) in [5.74, 6) is 0.329. The average Bonchev–Trinajstić information content (AvgIpc) is 2.46. The number of nitrogens with two attached hydrogens (primary N) is 2. The number of rotatable bonds is 14. The summed E-state index contributed by atoms with van der Waals surface area (Å²) in [6.07, 6.45) is 9.11. The molecule has 0 rings (SSSR count). The second kappa shape index (κ2) is 12.8. The molecule has 0 fully saturated rings. The first kappa shape index (κ1) is 21.3. The molecule has 0 amide bonds. The molecular weight excluding hydrogens is 279 g/mol. The van der Waals surface area contributed by atoms with Crippen molar-refractivity contribution in [3.63, 3.8) is 0 Å². The van der Waals surface area contributed by atoms with Gasteiger partial charge in [0.2, 0.25) is 0 Å². The molecule has 0 spiro atoms. The van der Waals surface area contributed by atoms with Gasteiger partial charge in [-0.25, -0.2) is 0 Å². The van der Waals surface area contributed by atoms with Crippen LogP contribution < -0.4 is 21.6 Å². The molecule has 0 aliphatic heterocycles. The third-order valence-corrected chi connectivity index (χ3v) is 8.13. The van der Waals surface area contributed by atoms with Crippen LogP contribution in [-0.2, 0) is 0 Å². The number of unbranched alkanes of at least 4 members (excludes halogenated alkanes) is 2. The number of nitrogens with one attached hydrogen (secondary N) is 2. The van der Waals surface area contributed by atoms with Crippen molar-refractivity contribution in [1.29, 1.82) is 0 Å². The summed E-state index contributed by atoms with van der Waals surface area (Å²) in [6, 6.07) is 0. The van der Waals surface area contributed by atoms with E-state index in [0.29, 0.717) is 0 Å². The molecule has 0 aromatic rings. The SMILES string of the molecule is CCCCN[P+](NCCCC)(C(N)CCC)C(N)CCC. The fourth-order valence-corrected chi connectivity index (χ4v) is 6.58. The Morgan fingerprint density at radius 2 is 1.10 bits per heavy atom. The van der Waals surface area contributed by atoms with Crippen molar-refractivity contribution in [2.24, 2.45) is 11.5 Å². The summed E-state index contributed by atoms with van der Waals surface area (Å²) >= 11 is 0. The molecule has 0 aliphatic carbocycles. The standard InChI is InChI=1S/C16H40N4P/c1-5-9-13-19-21(15(17)11-7-3,16(18)12-8-4)20-14-10-6-2/h15-16,19-20H,5-14,17-18H2,1-4H3/q+1. The quantitative estimate of drug-likeness (QED) is 0.290. The predicted octanol–water partition coefficient (Wildman–Crippen LogP) is 3.78. The minimum atomic E-state index is -1.72. The summed E-state index contributed by atoms with van der Waals surface area (Å²) in [6.45, 7) is 10.9. The molecule has 0 aromatic heterocycles. The molecule has 5 heteroatoms. The highest BCUT2D eigenvalue weighted by Crippen LogP contribution is 2.58. The molecule has 6 N–H and O–H groups in total. The Morgan fingerprint density at radius 1 is 0.714 bits per heavy atom. The third-order valence-electron chi connectivity index (χ3n) is 4.02. The molecular formula is C16H40N4P+. The Morgan fingerprint density at radius 3 is 1.38 bits per heavy atom. The Bertz CT molecular complexity index is 214. The first-order valence-electron chi connectivity index (χ1n) is 8.98. The Balaban J connectivity index is 5.04. The summed E-state index contributed by atoms with van der Waals surface area (Å²) in [7, 11) is -1.72. The summed E-state index contributed by atoms with van der Waals surface area (Å²) in [5, 5.41) is 7.62. The van der Waals surface area contributed by atoms with Crippen molar-refractivity contribution in [3.8, 4) is 0 Å². The van der Waals surface area contributed by atoms with E-state index in [4.69, 9.17) is 11.5 Å². The van der Waals surface area contributed by atoms with Gasteiger partial charge in [-0.05, 0) is 12.8 Å². The predicted molar refractivity (Wildman–Crippen MR) is 98.5 cm³/mol.